The summed E-state index contributed by atoms with van der Waals surface area (Å²) in [4.78, 5) is 7.33. The van der Waals surface area contributed by atoms with Crippen LogP contribution in [0.5, 0.6) is 0 Å². The third kappa shape index (κ3) is 0.998. The number of aromatic nitrogens is 2. The molecule has 0 atom stereocenters. The van der Waals surface area contributed by atoms with Gasteiger partial charge in [-0.25, -0.2) is 0 Å². The van der Waals surface area contributed by atoms with E-state index in [1.165, 1.54) is 10.9 Å². The van der Waals surface area contributed by atoms with Gasteiger partial charge in [0.15, 0.2) is 0 Å². The highest BCUT2D eigenvalue weighted by Gasteiger charge is 2.04. The van der Waals surface area contributed by atoms with Gasteiger partial charge in [0.2, 0.25) is 0 Å². The van der Waals surface area contributed by atoms with Crippen LogP contribution in [0, 0.1) is 0 Å². The molecule has 2 heterocycles. The van der Waals surface area contributed by atoms with Gasteiger partial charge in [0.05, 0.1) is 11.7 Å². The molecule has 12 heavy (non-hydrogen) atoms. The summed E-state index contributed by atoms with van der Waals surface area (Å²) in [6, 6.07) is 2.10. The van der Waals surface area contributed by atoms with Crippen LogP contribution in [0.3, 0.4) is 0 Å². The Morgan fingerprint density at radius 3 is 2.92 bits per heavy atom. The first-order valence-electron chi connectivity index (χ1n) is 4.20. The molecule has 0 aliphatic heterocycles. The van der Waals surface area contributed by atoms with Gasteiger partial charge in [-0.05, 0) is 17.5 Å². The predicted octanol–water partition coefficient (Wildman–Crippen LogP) is 2.69. The topological polar surface area (TPSA) is 28.7 Å². The van der Waals surface area contributed by atoms with Gasteiger partial charge in [-0.3, -0.25) is 4.98 Å². The van der Waals surface area contributed by atoms with Crippen LogP contribution >= 0.6 is 0 Å². The summed E-state index contributed by atoms with van der Waals surface area (Å²) in [5.41, 5.74) is 2.44. The minimum atomic E-state index is 0.539. The molecule has 0 saturated heterocycles. The van der Waals surface area contributed by atoms with Crippen LogP contribution in [0.2, 0.25) is 0 Å². The van der Waals surface area contributed by atoms with Crippen LogP contribution in [-0.4, -0.2) is 9.97 Å². The number of nitrogens with zero attached hydrogens (tertiary/aromatic N) is 1. The second-order valence-electron chi connectivity index (χ2n) is 3.32. The molecule has 0 fully saturated rings. The Labute approximate surface area is 71.6 Å². The van der Waals surface area contributed by atoms with E-state index >= 15 is 0 Å². The lowest BCUT2D eigenvalue weighted by molar-refractivity contribution is 0.869. The molecule has 0 radical (unpaired) electrons. The minimum Gasteiger partial charge on any atom is -0.360 e. The van der Waals surface area contributed by atoms with Crippen molar-refractivity contribution in [3.63, 3.8) is 0 Å². The van der Waals surface area contributed by atoms with Gasteiger partial charge in [0.25, 0.3) is 0 Å². The summed E-state index contributed by atoms with van der Waals surface area (Å²) in [5, 5.41) is 1.29. The normalized spacial score (nSPS) is 11.2. The summed E-state index contributed by atoms with van der Waals surface area (Å²) in [5.74, 6) is 0.539. The van der Waals surface area contributed by atoms with Crippen molar-refractivity contribution in [3.05, 3.63) is 30.2 Å². The number of aromatic amines is 1. The number of hydrogen-bond donors (Lipinski definition) is 1. The third-order valence-electron chi connectivity index (χ3n) is 2.13. The zero-order chi connectivity index (χ0) is 8.55. The van der Waals surface area contributed by atoms with Gasteiger partial charge < -0.3 is 4.98 Å². The molecule has 0 bridgehead atoms. The summed E-state index contributed by atoms with van der Waals surface area (Å²) in [6.45, 7) is 4.37. The van der Waals surface area contributed by atoms with E-state index in [2.05, 4.69) is 29.9 Å². The molecule has 0 unspecified atom stereocenters. The highest BCUT2D eigenvalue weighted by molar-refractivity contribution is 5.82. The Morgan fingerprint density at radius 2 is 2.17 bits per heavy atom. The molecule has 2 heteroatoms. The van der Waals surface area contributed by atoms with Crippen molar-refractivity contribution in [1.82, 2.24) is 9.97 Å². The quantitative estimate of drug-likeness (QED) is 0.682. The Kier molecular flexibility index (Phi) is 1.61. The summed E-state index contributed by atoms with van der Waals surface area (Å²) < 4.78 is 0. The van der Waals surface area contributed by atoms with E-state index < -0.39 is 0 Å². The predicted molar refractivity (Wildman–Crippen MR) is 50.2 cm³/mol. The zero-order valence-electron chi connectivity index (χ0n) is 7.33. The number of rotatable bonds is 1. The van der Waals surface area contributed by atoms with Crippen molar-refractivity contribution in [2.45, 2.75) is 19.8 Å². The highest BCUT2D eigenvalue weighted by Crippen LogP contribution is 2.22. The molecule has 2 nitrogen and oxygen atoms in total. The molecule has 0 aliphatic carbocycles. The number of fused-ring (bicyclic) bond motifs is 1. The zero-order valence-corrected chi connectivity index (χ0v) is 7.33. The Morgan fingerprint density at radius 1 is 1.33 bits per heavy atom. The molecule has 0 aromatic carbocycles. The first-order valence-corrected chi connectivity index (χ1v) is 4.20. The molecular weight excluding hydrogens is 148 g/mol. The lowest BCUT2D eigenvalue weighted by Gasteiger charge is -2.04. The molecule has 0 saturated carbocycles. The fourth-order valence-electron chi connectivity index (χ4n) is 1.46. The van der Waals surface area contributed by atoms with Gasteiger partial charge >= 0.3 is 0 Å². The van der Waals surface area contributed by atoms with Crippen molar-refractivity contribution in [3.8, 4) is 0 Å². The SMILES string of the molecule is CC(C)c1cncc2[nH]ccc12. The largest absolute Gasteiger partial charge is 0.360 e. The average molecular weight is 160 g/mol. The van der Waals surface area contributed by atoms with Crippen molar-refractivity contribution >= 4 is 10.9 Å². The van der Waals surface area contributed by atoms with Crippen LogP contribution in [0.4, 0.5) is 0 Å². The van der Waals surface area contributed by atoms with Crippen LogP contribution in [0.15, 0.2) is 24.7 Å². The molecule has 62 valence electrons. The average Bonchev–Trinajstić information content (AvgIpc) is 2.49. The lowest BCUT2D eigenvalue weighted by Crippen LogP contribution is -1.88. The number of nitrogens with one attached hydrogen (secondary N) is 1. The maximum Gasteiger partial charge on any atom is 0.0643 e. The fourth-order valence-corrected chi connectivity index (χ4v) is 1.46. The van der Waals surface area contributed by atoms with Crippen molar-refractivity contribution < 1.29 is 0 Å². The monoisotopic (exact) mass is 160 g/mol. The van der Waals surface area contributed by atoms with Gasteiger partial charge in [0.1, 0.15) is 0 Å². The van der Waals surface area contributed by atoms with E-state index in [9.17, 15) is 0 Å². The highest BCUT2D eigenvalue weighted by atomic mass is 14.7. The minimum absolute atomic E-state index is 0.539. The lowest BCUT2D eigenvalue weighted by atomic mass is 10.0. The third-order valence-corrected chi connectivity index (χ3v) is 2.13. The Bertz CT molecular complexity index is 387. The van der Waals surface area contributed by atoms with Crippen molar-refractivity contribution in [1.29, 1.82) is 0 Å². The Hall–Kier alpha value is -1.31. The molecule has 0 spiro atoms. The number of hydrogen-bond acceptors (Lipinski definition) is 1. The van der Waals surface area contributed by atoms with Gasteiger partial charge in [-0.15, -0.1) is 0 Å². The summed E-state index contributed by atoms with van der Waals surface area (Å²) >= 11 is 0. The van der Waals surface area contributed by atoms with Crippen LogP contribution in [0.1, 0.15) is 25.3 Å². The van der Waals surface area contributed by atoms with E-state index in [1.54, 1.807) is 0 Å². The van der Waals surface area contributed by atoms with Crippen molar-refractivity contribution in [2.24, 2.45) is 0 Å². The van der Waals surface area contributed by atoms with Crippen molar-refractivity contribution in [2.75, 3.05) is 0 Å². The molecule has 1 N–H and O–H groups in total. The number of pyridine rings is 1. The molecular formula is C10H12N2. The fraction of sp³-hybridized carbons (Fsp3) is 0.300. The summed E-state index contributed by atoms with van der Waals surface area (Å²) in [6.07, 6.45) is 5.76. The maximum absolute atomic E-state index is 4.18. The molecule has 2 rings (SSSR count). The molecule has 2 aromatic rings. The van der Waals surface area contributed by atoms with Crippen LogP contribution in [-0.2, 0) is 0 Å². The van der Waals surface area contributed by atoms with Gasteiger partial charge in [-0.2, -0.15) is 0 Å². The van der Waals surface area contributed by atoms with Crippen LogP contribution in [0.25, 0.3) is 10.9 Å². The number of H-pyrrole nitrogens is 1. The first-order chi connectivity index (χ1) is 5.79. The van der Waals surface area contributed by atoms with E-state index in [0.29, 0.717) is 5.92 Å². The second-order valence-corrected chi connectivity index (χ2v) is 3.32. The maximum atomic E-state index is 4.18. The molecule has 2 aromatic heterocycles. The van der Waals surface area contributed by atoms with E-state index in [4.69, 9.17) is 0 Å². The van der Waals surface area contributed by atoms with E-state index in [1.807, 2.05) is 18.6 Å². The molecule has 0 amide bonds. The van der Waals surface area contributed by atoms with E-state index in [0.717, 1.165) is 5.52 Å². The smallest absolute Gasteiger partial charge is 0.0643 e. The Balaban J connectivity index is 2.73. The standard InChI is InChI=1S/C10H12N2/c1-7(2)9-5-11-6-10-8(9)3-4-12-10/h3-7,12H,1-2H3. The second kappa shape index (κ2) is 2.63. The van der Waals surface area contributed by atoms with E-state index in [-0.39, 0.29) is 0 Å². The van der Waals surface area contributed by atoms with Gasteiger partial charge in [0, 0.05) is 17.8 Å². The van der Waals surface area contributed by atoms with Crippen LogP contribution < -0.4 is 0 Å². The first kappa shape index (κ1) is 7.35. The van der Waals surface area contributed by atoms with Gasteiger partial charge in [-0.1, -0.05) is 13.8 Å². The summed E-state index contributed by atoms with van der Waals surface area (Å²) in [7, 11) is 0. The molecule has 0 aliphatic rings.